The van der Waals surface area contributed by atoms with Crippen LogP contribution in [0.5, 0.6) is 0 Å². The monoisotopic (exact) mass is 348 g/mol. The van der Waals surface area contributed by atoms with Gasteiger partial charge in [-0.2, -0.15) is 5.10 Å². The largest absolute Gasteiger partial charge is 0.347 e. The van der Waals surface area contributed by atoms with Crippen molar-refractivity contribution >= 4 is 23.4 Å². The Morgan fingerprint density at radius 3 is 2.72 bits per heavy atom. The molecule has 2 aliphatic heterocycles. The first-order valence-electron chi connectivity index (χ1n) is 8.33. The third-order valence-electron chi connectivity index (χ3n) is 5.11. The van der Waals surface area contributed by atoms with Crippen molar-refractivity contribution in [2.75, 3.05) is 44.7 Å². The van der Waals surface area contributed by atoms with Crippen LogP contribution in [0.3, 0.4) is 0 Å². The van der Waals surface area contributed by atoms with Crippen LogP contribution in [0.25, 0.3) is 0 Å². The molecular weight excluding hydrogens is 324 g/mol. The predicted molar refractivity (Wildman–Crippen MR) is 90.8 cm³/mol. The molecule has 1 aromatic heterocycles. The summed E-state index contributed by atoms with van der Waals surface area (Å²) in [6.07, 6.45) is 4.30. The lowest BCUT2D eigenvalue weighted by Crippen LogP contribution is -2.64. The molecule has 3 rings (SSSR count). The van der Waals surface area contributed by atoms with Gasteiger partial charge in [0.2, 0.25) is 17.7 Å². The molecule has 1 spiro atoms. The van der Waals surface area contributed by atoms with Crippen LogP contribution in [0, 0.1) is 0 Å². The van der Waals surface area contributed by atoms with Crippen LogP contribution in [-0.4, -0.2) is 82.6 Å². The molecule has 3 amide bonds. The van der Waals surface area contributed by atoms with Crippen LogP contribution in [0.15, 0.2) is 12.4 Å². The Kier molecular flexibility index (Phi) is 4.51. The predicted octanol–water partition coefficient (Wildman–Crippen LogP) is -1.19. The first-order valence-corrected chi connectivity index (χ1v) is 8.33. The summed E-state index contributed by atoms with van der Waals surface area (Å²) in [5.74, 6) is -0.278. The molecule has 3 heterocycles. The minimum Gasteiger partial charge on any atom is -0.347 e. The summed E-state index contributed by atoms with van der Waals surface area (Å²) in [5, 5.41) is 6.70. The molecule has 2 aliphatic rings. The van der Waals surface area contributed by atoms with Gasteiger partial charge in [-0.15, -0.1) is 0 Å². The van der Waals surface area contributed by atoms with Gasteiger partial charge < -0.3 is 15.1 Å². The molecule has 136 valence electrons. The Balaban J connectivity index is 1.73. The van der Waals surface area contributed by atoms with Crippen molar-refractivity contribution in [3.05, 3.63) is 12.4 Å². The molecule has 0 aromatic carbocycles. The second-order valence-corrected chi connectivity index (χ2v) is 6.91. The van der Waals surface area contributed by atoms with E-state index in [9.17, 15) is 14.4 Å². The molecule has 0 aliphatic carbocycles. The lowest BCUT2D eigenvalue weighted by Gasteiger charge is -2.46. The summed E-state index contributed by atoms with van der Waals surface area (Å²) in [6, 6.07) is 0. The summed E-state index contributed by atoms with van der Waals surface area (Å²) in [5.41, 5.74) is 0.512. The van der Waals surface area contributed by atoms with Crippen molar-refractivity contribution in [2.24, 2.45) is 7.05 Å². The molecule has 0 bridgehead atoms. The number of aryl methyl sites for hydroxylation is 1. The van der Waals surface area contributed by atoms with E-state index in [1.54, 1.807) is 20.7 Å². The van der Waals surface area contributed by atoms with E-state index in [0.29, 0.717) is 26.2 Å². The average Bonchev–Trinajstić information content (AvgIpc) is 3.16. The third kappa shape index (κ3) is 3.37. The second-order valence-electron chi connectivity index (χ2n) is 6.91. The van der Waals surface area contributed by atoms with Gasteiger partial charge in [-0.25, -0.2) is 0 Å². The fraction of sp³-hybridized carbons (Fsp3) is 0.625. The molecule has 9 nitrogen and oxygen atoms in total. The molecule has 9 heteroatoms. The van der Waals surface area contributed by atoms with Crippen LogP contribution >= 0.6 is 0 Å². The minimum absolute atomic E-state index is 0.0143. The summed E-state index contributed by atoms with van der Waals surface area (Å²) in [6.45, 7) is 3.41. The minimum atomic E-state index is -0.268. The molecule has 2 fully saturated rings. The zero-order valence-electron chi connectivity index (χ0n) is 14.9. The number of carbonyl (C=O) groups excluding carboxylic acids is 3. The Morgan fingerprint density at radius 2 is 2.08 bits per heavy atom. The van der Waals surface area contributed by atoms with E-state index in [1.165, 1.54) is 6.92 Å². The molecular formula is C16H24N6O3. The molecule has 25 heavy (non-hydrogen) atoms. The summed E-state index contributed by atoms with van der Waals surface area (Å²) >= 11 is 0. The van der Waals surface area contributed by atoms with Gasteiger partial charge in [0.25, 0.3) is 0 Å². The number of hydrogen-bond donors (Lipinski definition) is 1. The second kappa shape index (κ2) is 6.47. The van der Waals surface area contributed by atoms with Crippen LogP contribution < -0.4 is 10.2 Å². The van der Waals surface area contributed by atoms with Gasteiger partial charge in [0.05, 0.1) is 30.5 Å². The molecule has 1 aromatic rings. The highest BCUT2D eigenvalue weighted by Crippen LogP contribution is 2.33. The maximum absolute atomic E-state index is 12.5. The highest BCUT2D eigenvalue weighted by molar-refractivity contribution is 5.95. The van der Waals surface area contributed by atoms with E-state index < -0.39 is 0 Å². The number of aromatic nitrogens is 2. The topological polar surface area (TPSA) is 90.8 Å². The lowest BCUT2D eigenvalue weighted by molar-refractivity contribution is -0.132. The summed E-state index contributed by atoms with van der Waals surface area (Å²) in [4.78, 5) is 41.3. The number of amides is 3. The number of likely N-dealkylation sites (tertiary alicyclic amines) is 1. The number of nitrogens with one attached hydrogen (secondary N) is 1. The van der Waals surface area contributed by atoms with Crippen LogP contribution in [0.1, 0.15) is 13.3 Å². The Bertz CT molecular complexity index is 702. The zero-order chi connectivity index (χ0) is 18.2. The number of nitrogens with zero attached hydrogens (tertiary/aromatic N) is 5. The van der Waals surface area contributed by atoms with Gasteiger partial charge >= 0.3 is 0 Å². The van der Waals surface area contributed by atoms with Crippen molar-refractivity contribution in [3.8, 4) is 0 Å². The van der Waals surface area contributed by atoms with E-state index in [4.69, 9.17) is 0 Å². The summed E-state index contributed by atoms with van der Waals surface area (Å²) < 4.78 is 1.67. The molecule has 1 unspecified atom stereocenters. The molecule has 1 atom stereocenters. The van der Waals surface area contributed by atoms with E-state index >= 15 is 0 Å². The maximum Gasteiger partial charge on any atom is 0.242 e. The number of hydrogen-bond acceptors (Lipinski definition) is 5. The maximum atomic E-state index is 12.5. The number of piperazine rings is 1. The number of carbonyl (C=O) groups is 3. The Hall–Kier alpha value is -2.42. The van der Waals surface area contributed by atoms with Gasteiger partial charge in [-0.1, -0.05) is 0 Å². The van der Waals surface area contributed by atoms with Gasteiger partial charge in [-0.05, 0) is 13.5 Å². The van der Waals surface area contributed by atoms with Gasteiger partial charge in [-0.3, -0.25) is 24.0 Å². The highest BCUT2D eigenvalue weighted by atomic mass is 16.2. The van der Waals surface area contributed by atoms with Crippen LogP contribution in [0.4, 0.5) is 5.69 Å². The van der Waals surface area contributed by atoms with E-state index in [0.717, 1.165) is 12.1 Å². The van der Waals surface area contributed by atoms with Crippen molar-refractivity contribution in [1.82, 2.24) is 24.9 Å². The van der Waals surface area contributed by atoms with Gasteiger partial charge in [0.15, 0.2) is 0 Å². The first kappa shape index (κ1) is 17.4. The number of likely N-dealkylation sites (N-methyl/N-ethyl adjacent to an activating group) is 1. The SMILES string of the molecule is CC(=O)NCC(=O)N1CCC2(C1)CN(c1cnn(C)c1)C(=O)CN2C. The van der Waals surface area contributed by atoms with E-state index in [-0.39, 0.29) is 29.8 Å². The first-order chi connectivity index (χ1) is 11.8. The zero-order valence-corrected chi connectivity index (χ0v) is 14.9. The fourth-order valence-corrected chi connectivity index (χ4v) is 3.56. The normalized spacial score (nSPS) is 24.2. The molecule has 0 saturated carbocycles. The molecule has 0 radical (unpaired) electrons. The van der Waals surface area contributed by atoms with Crippen molar-refractivity contribution in [2.45, 2.75) is 18.9 Å². The van der Waals surface area contributed by atoms with E-state index in [2.05, 4.69) is 10.4 Å². The molecule has 1 N–H and O–H groups in total. The van der Waals surface area contributed by atoms with Gasteiger partial charge in [0, 0.05) is 39.8 Å². The summed E-state index contributed by atoms with van der Waals surface area (Å²) in [7, 11) is 3.75. The van der Waals surface area contributed by atoms with Crippen LogP contribution in [0.2, 0.25) is 0 Å². The quantitative estimate of drug-likeness (QED) is 0.741. The van der Waals surface area contributed by atoms with Crippen molar-refractivity contribution < 1.29 is 14.4 Å². The number of rotatable bonds is 3. The fourth-order valence-electron chi connectivity index (χ4n) is 3.56. The third-order valence-corrected chi connectivity index (χ3v) is 5.11. The van der Waals surface area contributed by atoms with Crippen molar-refractivity contribution in [3.63, 3.8) is 0 Å². The smallest absolute Gasteiger partial charge is 0.242 e. The lowest BCUT2D eigenvalue weighted by atomic mass is 9.93. The van der Waals surface area contributed by atoms with Crippen LogP contribution in [-0.2, 0) is 21.4 Å². The Labute approximate surface area is 146 Å². The Morgan fingerprint density at radius 1 is 1.32 bits per heavy atom. The highest BCUT2D eigenvalue weighted by Gasteiger charge is 2.48. The van der Waals surface area contributed by atoms with E-state index in [1.807, 2.05) is 25.2 Å². The van der Waals surface area contributed by atoms with Crippen molar-refractivity contribution in [1.29, 1.82) is 0 Å². The average molecular weight is 348 g/mol. The van der Waals surface area contributed by atoms with Gasteiger partial charge in [0.1, 0.15) is 0 Å². The standard InChI is InChI=1S/C16H24N6O3/c1-12(23)17-7-14(24)21-5-4-16(10-21)11-22(15(25)9-19(16)2)13-6-18-20(3)8-13/h6,8H,4-5,7,9-11H2,1-3H3,(H,17,23). The molecule has 2 saturated heterocycles. The number of anilines is 1.